The average Bonchev–Trinajstić information content (AvgIpc) is 2.65. The Morgan fingerprint density at radius 3 is 2.45 bits per heavy atom. The summed E-state index contributed by atoms with van der Waals surface area (Å²) in [5.41, 5.74) is -0.527. The number of carbonyl (C=O) groups is 1. The Morgan fingerprint density at radius 2 is 1.85 bits per heavy atom. The quantitative estimate of drug-likeness (QED) is 0.751. The van der Waals surface area contributed by atoms with Crippen molar-refractivity contribution < 1.29 is 14.6 Å². The molecule has 3 rings (SSSR count). The van der Waals surface area contributed by atoms with Gasteiger partial charge in [-0.2, -0.15) is 0 Å². The van der Waals surface area contributed by atoms with Gasteiger partial charge < -0.3 is 9.84 Å². The summed E-state index contributed by atoms with van der Waals surface area (Å²) in [5, 5.41) is 11.1. The van der Waals surface area contributed by atoms with E-state index in [1.54, 1.807) is 0 Å². The lowest BCUT2D eigenvalue weighted by atomic mass is 9.73. The largest absolute Gasteiger partial charge is 0.459 e. The van der Waals surface area contributed by atoms with Crippen LogP contribution in [-0.2, 0) is 9.53 Å². The van der Waals surface area contributed by atoms with E-state index in [0.717, 1.165) is 12.8 Å². The van der Waals surface area contributed by atoms with E-state index in [0.29, 0.717) is 29.1 Å². The third kappa shape index (κ3) is 1.85. The molecule has 0 aliphatic heterocycles. The van der Waals surface area contributed by atoms with Gasteiger partial charge >= 0.3 is 5.97 Å². The molecule has 114 valence electrons. The summed E-state index contributed by atoms with van der Waals surface area (Å²) in [6, 6.07) is 0. The fourth-order valence-electron chi connectivity index (χ4n) is 5.59. The average molecular weight is 280 g/mol. The summed E-state index contributed by atoms with van der Waals surface area (Å²) in [4.78, 5) is 11.4. The number of hydrogen-bond acceptors (Lipinski definition) is 3. The minimum absolute atomic E-state index is 0.269. The first-order chi connectivity index (χ1) is 9.17. The smallest absolute Gasteiger partial charge is 0.303 e. The van der Waals surface area contributed by atoms with Gasteiger partial charge in [-0.15, -0.1) is 0 Å². The van der Waals surface area contributed by atoms with E-state index in [4.69, 9.17) is 4.74 Å². The predicted molar refractivity (Wildman–Crippen MR) is 76.9 cm³/mol. The summed E-state index contributed by atoms with van der Waals surface area (Å²) in [6.45, 7) is 10.4. The zero-order chi connectivity index (χ0) is 14.9. The van der Waals surface area contributed by atoms with Gasteiger partial charge in [0.25, 0.3) is 0 Å². The molecule has 0 radical (unpaired) electrons. The van der Waals surface area contributed by atoms with Crippen LogP contribution >= 0.6 is 0 Å². The molecule has 3 nitrogen and oxygen atoms in total. The van der Waals surface area contributed by atoms with E-state index >= 15 is 0 Å². The number of hydrogen-bond donors (Lipinski definition) is 1. The highest BCUT2D eigenvalue weighted by Crippen LogP contribution is 2.71. The molecule has 3 aliphatic rings. The van der Waals surface area contributed by atoms with Crippen LogP contribution in [0.4, 0.5) is 0 Å². The van der Waals surface area contributed by atoms with Gasteiger partial charge in [0.05, 0.1) is 0 Å². The maximum absolute atomic E-state index is 11.4. The Hall–Kier alpha value is -0.570. The van der Waals surface area contributed by atoms with Crippen molar-refractivity contribution in [3.05, 3.63) is 0 Å². The molecule has 0 spiro atoms. The molecule has 3 aliphatic carbocycles. The Balaban J connectivity index is 1.95. The number of carbonyl (C=O) groups excluding carboxylic acids is 1. The van der Waals surface area contributed by atoms with Gasteiger partial charge in [-0.25, -0.2) is 0 Å². The van der Waals surface area contributed by atoms with Crippen LogP contribution in [0.5, 0.6) is 0 Å². The molecule has 0 saturated heterocycles. The standard InChI is InChI=1S/C17H28O3/c1-9-6-7-11-14(9)15-12(16(15,3)4)8-13(17(11,5)19)20-10(2)18/h9,11-15,19H,6-8H2,1-5H3/t9-,11+,12-,13+,14-,15-,17-/m1/s1. The molecule has 7 atom stereocenters. The van der Waals surface area contributed by atoms with Gasteiger partial charge in [0, 0.05) is 6.92 Å². The Morgan fingerprint density at radius 1 is 1.20 bits per heavy atom. The summed E-state index contributed by atoms with van der Waals surface area (Å²) >= 11 is 0. The van der Waals surface area contributed by atoms with E-state index in [9.17, 15) is 9.90 Å². The number of rotatable bonds is 1. The molecule has 1 N–H and O–H groups in total. The highest BCUT2D eigenvalue weighted by Gasteiger charge is 2.69. The third-order valence-electron chi connectivity index (χ3n) is 6.79. The molecular weight excluding hydrogens is 252 g/mol. The van der Waals surface area contributed by atoms with E-state index in [-0.39, 0.29) is 18.0 Å². The second kappa shape index (κ2) is 4.22. The van der Waals surface area contributed by atoms with Crippen molar-refractivity contribution in [3.8, 4) is 0 Å². The molecule has 0 heterocycles. The Bertz CT molecular complexity index is 426. The SMILES string of the molecule is CC(=O)O[C@H]1C[C@@H]2[C@H]([C@@H]3[C@H](C)CC[C@@H]3[C@@]1(C)O)C2(C)C. The minimum atomic E-state index is -0.870. The lowest BCUT2D eigenvalue weighted by Crippen LogP contribution is -2.49. The van der Waals surface area contributed by atoms with Gasteiger partial charge in [-0.05, 0) is 54.8 Å². The summed E-state index contributed by atoms with van der Waals surface area (Å²) in [6.07, 6.45) is 2.74. The van der Waals surface area contributed by atoms with Crippen LogP contribution in [0.2, 0.25) is 0 Å². The molecule has 0 bridgehead atoms. The number of fused-ring (bicyclic) bond motifs is 3. The van der Waals surface area contributed by atoms with E-state index in [2.05, 4.69) is 20.8 Å². The van der Waals surface area contributed by atoms with Crippen molar-refractivity contribution in [2.45, 2.75) is 65.6 Å². The van der Waals surface area contributed by atoms with Crippen LogP contribution in [0.15, 0.2) is 0 Å². The van der Waals surface area contributed by atoms with E-state index in [1.165, 1.54) is 13.3 Å². The molecule has 3 heteroatoms. The first kappa shape index (κ1) is 14.4. The molecule has 3 saturated carbocycles. The summed E-state index contributed by atoms with van der Waals surface area (Å²) in [7, 11) is 0. The molecule has 3 fully saturated rings. The monoisotopic (exact) mass is 280 g/mol. The van der Waals surface area contributed by atoms with Crippen LogP contribution in [0.25, 0.3) is 0 Å². The maximum Gasteiger partial charge on any atom is 0.303 e. The number of esters is 1. The van der Waals surface area contributed by atoms with Gasteiger partial charge in [0.15, 0.2) is 0 Å². The van der Waals surface area contributed by atoms with Gasteiger partial charge in [-0.3, -0.25) is 4.79 Å². The van der Waals surface area contributed by atoms with Gasteiger partial charge in [-0.1, -0.05) is 27.2 Å². The van der Waals surface area contributed by atoms with Crippen molar-refractivity contribution >= 4 is 5.97 Å². The van der Waals surface area contributed by atoms with Gasteiger partial charge in [0.1, 0.15) is 11.7 Å². The first-order valence-corrected chi connectivity index (χ1v) is 8.07. The lowest BCUT2D eigenvalue weighted by Gasteiger charge is -2.40. The summed E-state index contributed by atoms with van der Waals surface area (Å²) < 4.78 is 5.53. The highest BCUT2D eigenvalue weighted by atomic mass is 16.6. The molecule has 0 amide bonds. The van der Waals surface area contributed by atoms with Crippen molar-refractivity contribution in [1.29, 1.82) is 0 Å². The molecule has 0 aromatic heterocycles. The third-order valence-corrected chi connectivity index (χ3v) is 6.79. The lowest BCUT2D eigenvalue weighted by molar-refractivity contribution is -0.171. The topological polar surface area (TPSA) is 46.5 Å². The van der Waals surface area contributed by atoms with Crippen LogP contribution < -0.4 is 0 Å². The summed E-state index contributed by atoms with van der Waals surface area (Å²) in [5.74, 6) is 2.56. The van der Waals surface area contributed by atoms with Crippen LogP contribution in [0.3, 0.4) is 0 Å². The van der Waals surface area contributed by atoms with Crippen LogP contribution in [0, 0.1) is 35.0 Å². The normalized spacial score (nSPS) is 52.7. The fourth-order valence-corrected chi connectivity index (χ4v) is 5.59. The molecule has 0 aromatic carbocycles. The maximum atomic E-state index is 11.4. The Kier molecular flexibility index (Phi) is 3.03. The number of aliphatic hydroxyl groups is 1. The first-order valence-electron chi connectivity index (χ1n) is 8.07. The zero-order valence-electron chi connectivity index (χ0n) is 13.3. The van der Waals surface area contributed by atoms with Gasteiger partial charge in [0.2, 0.25) is 0 Å². The van der Waals surface area contributed by atoms with Crippen molar-refractivity contribution in [2.75, 3.05) is 0 Å². The van der Waals surface area contributed by atoms with Crippen molar-refractivity contribution in [3.63, 3.8) is 0 Å². The Labute approximate surface area is 122 Å². The van der Waals surface area contributed by atoms with Crippen LogP contribution in [0.1, 0.15) is 53.9 Å². The van der Waals surface area contributed by atoms with E-state index in [1.807, 2.05) is 6.92 Å². The second-order valence-corrected chi connectivity index (χ2v) is 8.25. The van der Waals surface area contributed by atoms with Crippen LogP contribution in [-0.4, -0.2) is 22.8 Å². The minimum Gasteiger partial charge on any atom is -0.459 e. The fraction of sp³-hybridized carbons (Fsp3) is 0.941. The van der Waals surface area contributed by atoms with Crippen molar-refractivity contribution in [2.24, 2.45) is 35.0 Å². The number of ether oxygens (including phenoxy) is 1. The molecule has 0 aromatic rings. The zero-order valence-corrected chi connectivity index (χ0v) is 13.3. The molecule has 0 unspecified atom stereocenters. The van der Waals surface area contributed by atoms with E-state index < -0.39 is 5.60 Å². The molecular formula is C17H28O3. The molecule has 20 heavy (non-hydrogen) atoms. The second-order valence-electron chi connectivity index (χ2n) is 8.25. The highest BCUT2D eigenvalue weighted by molar-refractivity contribution is 5.66. The predicted octanol–water partition coefficient (Wildman–Crippen LogP) is 3.01. The van der Waals surface area contributed by atoms with Crippen molar-refractivity contribution in [1.82, 2.24) is 0 Å².